The molecule has 1 N–H and O–H groups in total. The minimum absolute atomic E-state index is 0.364. The number of nitrogens with one attached hydrogen (secondary N) is 1. The molecular formula is C13H26N2. The van der Waals surface area contributed by atoms with Crippen LogP contribution >= 0.6 is 0 Å². The van der Waals surface area contributed by atoms with E-state index in [-0.39, 0.29) is 0 Å². The van der Waals surface area contributed by atoms with Gasteiger partial charge in [-0.05, 0) is 53.0 Å². The molecular weight excluding hydrogens is 184 g/mol. The van der Waals surface area contributed by atoms with Gasteiger partial charge in [-0.25, -0.2) is 0 Å². The minimum atomic E-state index is 0.364. The van der Waals surface area contributed by atoms with E-state index < -0.39 is 0 Å². The smallest absolute Gasteiger partial charge is 0.0130 e. The standard InChI is InChI=1S/C13H26N2/c1-5-14-10-8-11-6-7-12(9-10)15(11)13(2,3)4/h10-12,14H,5-9H2,1-4H3. The predicted molar refractivity (Wildman–Crippen MR) is 65.1 cm³/mol. The fourth-order valence-corrected chi connectivity index (χ4v) is 3.73. The molecule has 2 bridgehead atoms. The number of piperidine rings is 1. The molecule has 2 unspecified atom stereocenters. The third-order valence-electron chi connectivity index (χ3n) is 4.00. The second-order valence-electron chi connectivity index (χ2n) is 6.19. The van der Waals surface area contributed by atoms with Crippen molar-refractivity contribution in [3.05, 3.63) is 0 Å². The van der Waals surface area contributed by atoms with Gasteiger partial charge >= 0.3 is 0 Å². The fourth-order valence-electron chi connectivity index (χ4n) is 3.73. The van der Waals surface area contributed by atoms with Crippen molar-refractivity contribution in [1.82, 2.24) is 10.2 Å². The van der Waals surface area contributed by atoms with Gasteiger partial charge in [0, 0.05) is 23.7 Å². The van der Waals surface area contributed by atoms with Crippen molar-refractivity contribution in [2.24, 2.45) is 0 Å². The first-order chi connectivity index (χ1) is 7.02. The van der Waals surface area contributed by atoms with Crippen LogP contribution in [0, 0.1) is 0 Å². The average Bonchev–Trinajstić information content (AvgIpc) is 2.39. The molecule has 2 fully saturated rings. The number of fused-ring (bicyclic) bond motifs is 2. The molecule has 2 aliphatic heterocycles. The van der Waals surface area contributed by atoms with Crippen molar-refractivity contribution >= 4 is 0 Å². The van der Waals surface area contributed by atoms with Crippen molar-refractivity contribution in [2.45, 2.75) is 77.0 Å². The molecule has 0 aromatic carbocycles. The summed E-state index contributed by atoms with van der Waals surface area (Å²) in [6, 6.07) is 2.46. The first-order valence-corrected chi connectivity index (χ1v) is 6.54. The van der Waals surface area contributed by atoms with Crippen LogP contribution in [0.25, 0.3) is 0 Å². The highest BCUT2D eigenvalue weighted by Gasteiger charge is 2.44. The van der Waals surface area contributed by atoms with Gasteiger partial charge in [-0.15, -0.1) is 0 Å². The largest absolute Gasteiger partial charge is 0.314 e. The van der Waals surface area contributed by atoms with Crippen molar-refractivity contribution < 1.29 is 0 Å². The molecule has 2 atom stereocenters. The summed E-state index contributed by atoms with van der Waals surface area (Å²) in [7, 11) is 0. The molecule has 2 heterocycles. The van der Waals surface area contributed by atoms with Gasteiger partial charge in [-0.2, -0.15) is 0 Å². The van der Waals surface area contributed by atoms with Crippen LogP contribution in [-0.4, -0.2) is 35.1 Å². The first-order valence-electron chi connectivity index (χ1n) is 6.54. The van der Waals surface area contributed by atoms with Crippen LogP contribution in [0.4, 0.5) is 0 Å². The Morgan fingerprint density at radius 3 is 2.07 bits per heavy atom. The lowest BCUT2D eigenvalue weighted by Crippen LogP contribution is -2.56. The van der Waals surface area contributed by atoms with Gasteiger partial charge in [0.15, 0.2) is 0 Å². The zero-order valence-electron chi connectivity index (χ0n) is 10.7. The third-order valence-corrected chi connectivity index (χ3v) is 4.00. The van der Waals surface area contributed by atoms with Gasteiger partial charge in [0.25, 0.3) is 0 Å². The molecule has 88 valence electrons. The molecule has 0 aromatic rings. The van der Waals surface area contributed by atoms with Gasteiger partial charge < -0.3 is 5.32 Å². The zero-order valence-corrected chi connectivity index (χ0v) is 10.7. The summed E-state index contributed by atoms with van der Waals surface area (Å²) in [6.07, 6.45) is 5.57. The van der Waals surface area contributed by atoms with E-state index in [2.05, 4.69) is 37.9 Å². The second-order valence-corrected chi connectivity index (χ2v) is 6.19. The van der Waals surface area contributed by atoms with Gasteiger partial charge in [-0.1, -0.05) is 6.92 Å². The molecule has 0 radical (unpaired) electrons. The highest BCUT2D eigenvalue weighted by Crippen LogP contribution is 2.40. The second kappa shape index (κ2) is 4.06. The third kappa shape index (κ3) is 2.21. The average molecular weight is 210 g/mol. The summed E-state index contributed by atoms with van der Waals surface area (Å²) in [5, 5.41) is 3.63. The Hall–Kier alpha value is -0.0800. The molecule has 2 heteroatoms. The van der Waals surface area contributed by atoms with E-state index in [1.54, 1.807) is 0 Å². The van der Waals surface area contributed by atoms with Crippen LogP contribution in [0.3, 0.4) is 0 Å². The SMILES string of the molecule is CCNC1CC2CCC(C1)N2C(C)(C)C. The molecule has 2 aliphatic rings. The summed E-state index contributed by atoms with van der Waals surface area (Å²) in [6.45, 7) is 10.4. The molecule has 0 spiro atoms. The monoisotopic (exact) mass is 210 g/mol. The molecule has 0 aliphatic carbocycles. The Balaban J connectivity index is 2.04. The maximum absolute atomic E-state index is 3.63. The Morgan fingerprint density at radius 1 is 1.13 bits per heavy atom. The van der Waals surface area contributed by atoms with Crippen LogP contribution in [0.5, 0.6) is 0 Å². The zero-order chi connectivity index (χ0) is 11.1. The van der Waals surface area contributed by atoms with Gasteiger partial charge in [-0.3, -0.25) is 4.90 Å². The van der Waals surface area contributed by atoms with Gasteiger partial charge in [0.2, 0.25) is 0 Å². The maximum Gasteiger partial charge on any atom is 0.0130 e. The highest BCUT2D eigenvalue weighted by molar-refractivity contribution is 5.01. The molecule has 0 amide bonds. The van der Waals surface area contributed by atoms with E-state index in [4.69, 9.17) is 0 Å². The van der Waals surface area contributed by atoms with Crippen molar-refractivity contribution in [1.29, 1.82) is 0 Å². The van der Waals surface area contributed by atoms with Crippen LogP contribution in [0.1, 0.15) is 53.4 Å². The number of rotatable bonds is 2. The summed E-state index contributed by atoms with van der Waals surface area (Å²) < 4.78 is 0. The van der Waals surface area contributed by atoms with Crippen LogP contribution in [0.15, 0.2) is 0 Å². The van der Waals surface area contributed by atoms with Crippen molar-refractivity contribution in [2.75, 3.05) is 6.54 Å². The van der Waals surface area contributed by atoms with Gasteiger partial charge in [0.05, 0.1) is 0 Å². The lowest BCUT2D eigenvalue weighted by Gasteiger charge is -2.47. The predicted octanol–water partition coefficient (Wildman–Crippen LogP) is 2.39. The minimum Gasteiger partial charge on any atom is -0.314 e. The van der Waals surface area contributed by atoms with E-state index in [0.717, 1.165) is 24.7 Å². The Labute approximate surface area is 94.4 Å². The summed E-state index contributed by atoms with van der Waals surface area (Å²) in [5.74, 6) is 0. The molecule has 15 heavy (non-hydrogen) atoms. The van der Waals surface area contributed by atoms with E-state index >= 15 is 0 Å². The van der Waals surface area contributed by atoms with E-state index in [0.29, 0.717) is 5.54 Å². The number of hydrogen-bond donors (Lipinski definition) is 1. The Bertz CT molecular complexity index is 205. The fraction of sp³-hybridized carbons (Fsp3) is 1.00. The Kier molecular flexibility index (Phi) is 3.09. The lowest BCUT2D eigenvalue weighted by atomic mass is 9.91. The van der Waals surface area contributed by atoms with Gasteiger partial charge in [0.1, 0.15) is 0 Å². The summed E-state index contributed by atoms with van der Waals surface area (Å²) in [5.41, 5.74) is 0.364. The van der Waals surface area contributed by atoms with Crippen molar-refractivity contribution in [3.63, 3.8) is 0 Å². The normalized spacial score (nSPS) is 37.2. The number of hydrogen-bond acceptors (Lipinski definition) is 2. The maximum atomic E-state index is 3.63. The van der Waals surface area contributed by atoms with E-state index in [1.165, 1.54) is 25.7 Å². The molecule has 2 saturated heterocycles. The summed E-state index contributed by atoms with van der Waals surface area (Å²) >= 11 is 0. The summed E-state index contributed by atoms with van der Waals surface area (Å²) in [4.78, 5) is 2.78. The lowest BCUT2D eigenvalue weighted by molar-refractivity contribution is 0.0315. The topological polar surface area (TPSA) is 15.3 Å². The van der Waals surface area contributed by atoms with Crippen LogP contribution < -0.4 is 5.32 Å². The number of nitrogens with zero attached hydrogens (tertiary/aromatic N) is 1. The molecule has 0 saturated carbocycles. The van der Waals surface area contributed by atoms with Crippen LogP contribution in [0.2, 0.25) is 0 Å². The van der Waals surface area contributed by atoms with Crippen molar-refractivity contribution in [3.8, 4) is 0 Å². The van der Waals surface area contributed by atoms with E-state index in [9.17, 15) is 0 Å². The first kappa shape index (κ1) is 11.4. The Morgan fingerprint density at radius 2 is 1.67 bits per heavy atom. The molecule has 2 rings (SSSR count). The van der Waals surface area contributed by atoms with E-state index in [1.807, 2.05) is 0 Å². The highest BCUT2D eigenvalue weighted by atomic mass is 15.3. The molecule has 0 aromatic heterocycles. The molecule has 2 nitrogen and oxygen atoms in total. The van der Waals surface area contributed by atoms with Crippen LogP contribution in [-0.2, 0) is 0 Å². The quantitative estimate of drug-likeness (QED) is 0.753.